The highest BCUT2D eigenvalue weighted by Crippen LogP contribution is 2.35. The van der Waals surface area contributed by atoms with Crippen LogP contribution in [-0.4, -0.2) is 39.8 Å². The van der Waals surface area contributed by atoms with Gasteiger partial charge in [-0.05, 0) is 42.3 Å². The van der Waals surface area contributed by atoms with E-state index in [9.17, 15) is 4.79 Å². The molecule has 1 fully saturated rings. The van der Waals surface area contributed by atoms with E-state index in [0.717, 1.165) is 39.0 Å². The van der Waals surface area contributed by atoms with Gasteiger partial charge in [0.1, 0.15) is 6.10 Å². The zero-order chi connectivity index (χ0) is 15.6. The lowest BCUT2D eigenvalue weighted by molar-refractivity contribution is -0.135. The molecule has 0 saturated carbocycles. The van der Waals surface area contributed by atoms with Gasteiger partial charge < -0.3 is 9.64 Å². The normalized spacial score (nSPS) is 23.9. The van der Waals surface area contributed by atoms with Crippen molar-refractivity contribution in [2.24, 2.45) is 0 Å². The first-order valence-electron chi connectivity index (χ1n) is 8.26. The second-order valence-corrected chi connectivity index (χ2v) is 7.18. The maximum absolute atomic E-state index is 12.8. The second kappa shape index (κ2) is 6.45. The van der Waals surface area contributed by atoms with Gasteiger partial charge in [-0.3, -0.25) is 9.48 Å². The second-order valence-electron chi connectivity index (χ2n) is 6.23. The van der Waals surface area contributed by atoms with Crippen LogP contribution in [0.2, 0.25) is 0 Å². The van der Waals surface area contributed by atoms with Crippen molar-refractivity contribution in [2.45, 2.75) is 44.4 Å². The number of thiophene rings is 1. The monoisotopic (exact) mass is 331 g/mol. The number of ether oxygens (including phenoxy) is 1. The Morgan fingerprint density at radius 2 is 2.43 bits per heavy atom. The van der Waals surface area contributed by atoms with Crippen LogP contribution in [-0.2, 0) is 22.5 Å². The van der Waals surface area contributed by atoms with Crippen molar-refractivity contribution < 1.29 is 9.53 Å². The SMILES string of the molecule is O=C(C[C@H]1OCCc2ccsc21)N1CCC[C@@H]1Cn1cccn1. The van der Waals surface area contributed by atoms with Crippen LogP contribution in [0.5, 0.6) is 0 Å². The van der Waals surface area contributed by atoms with Crippen LogP contribution < -0.4 is 0 Å². The highest BCUT2D eigenvalue weighted by Gasteiger charge is 2.32. The van der Waals surface area contributed by atoms with Crippen molar-refractivity contribution >= 4 is 17.2 Å². The quantitative estimate of drug-likeness (QED) is 0.865. The molecule has 2 aliphatic heterocycles. The van der Waals surface area contributed by atoms with Gasteiger partial charge >= 0.3 is 0 Å². The summed E-state index contributed by atoms with van der Waals surface area (Å²) in [5.41, 5.74) is 1.36. The van der Waals surface area contributed by atoms with Crippen LogP contribution in [0.15, 0.2) is 29.9 Å². The smallest absolute Gasteiger partial charge is 0.225 e. The average molecular weight is 331 g/mol. The van der Waals surface area contributed by atoms with E-state index in [4.69, 9.17) is 4.74 Å². The number of amides is 1. The minimum Gasteiger partial charge on any atom is -0.372 e. The van der Waals surface area contributed by atoms with Gasteiger partial charge in [-0.25, -0.2) is 0 Å². The molecule has 23 heavy (non-hydrogen) atoms. The van der Waals surface area contributed by atoms with E-state index < -0.39 is 0 Å². The molecule has 0 N–H and O–H groups in total. The molecule has 2 atom stereocenters. The Kier molecular flexibility index (Phi) is 4.18. The standard InChI is InChI=1S/C17H21N3O2S/c21-16(11-15-17-13(4-9-22-15)5-10-23-17)20-8-1-3-14(20)12-19-7-2-6-18-19/h2,5-7,10,14-15H,1,3-4,8-9,11-12H2/t14-,15-/m1/s1. The number of fused-ring (bicyclic) bond motifs is 1. The van der Waals surface area contributed by atoms with E-state index in [2.05, 4.69) is 16.5 Å². The molecule has 0 radical (unpaired) electrons. The molecule has 4 rings (SSSR count). The highest BCUT2D eigenvalue weighted by molar-refractivity contribution is 7.10. The van der Waals surface area contributed by atoms with E-state index in [-0.39, 0.29) is 18.1 Å². The van der Waals surface area contributed by atoms with Crippen molar-refractivity contribution in [3.8, 4) is 0 Å². The minimum absolute atomic E-state index is 0.0581. The first-order chi connectivity index (χ1) is 11.3. The summed E-state index contributed by atoms with van der Waals surface area (Å²) in [5.74, 6) is 0.214. The maximum Gasteiger partial charge on any atom is 0.225 e. The van der Waals surface area contributed by atoms with Gasteiger partial charge in [-0.15, -0.1) is 11.3 Å². The summed E-state index contributed by atoms with van der Waals surface area (Å²) in [6, 6.07) is 4.35. The van der Waals surface area contributed by atoms with Crippen molar-refractivity contribution in [1.29, 1.82) is 0 Å². The molecule has 6 heteroatoms. The average Bonchev–Trinajstić information content (AvgIpc) is 3.29. The lowest BCUT2D eigenvalue weighted by atomic mass is 10.0. The Morgan fingerprint density at radius 1 is 1.48 bits per heavy atom. The Morgan fingerprint density at radius 3 is 3.30 bits per heavy atom. The zero-order valence-electron chi connectivity index (χ0n) is 13.1. The molecule has 5 nitrogen and oxygen atoms in total. The molecule has 1 saturated heterocycles. The van der Waals surface area contributed by atoms with E-state index in [1.807, 2.05) is 21.8 Å². The summed E-state index contributed by atoms with van der Waals surface area (Å²) in [7, 11) is 0. The van der Waals surface area contributed by atoms with Gasteiger partial charge in [0.2, 0.25) is 5.91 Å². The molecule has 2 aromatic rings. The Balaban J connectivity index is 1.43. The minimum atomic E-state index is -0.0581. The van der Waals surface area contributed by atoms with Gasteiger partial charge in [-0.2, -0.15) is 5.10 Å². The lowest BCUT2D eigenvalue weighted by Crippen LogP contribution is -2.39. The molecule has 4 heterocycles. The molecule has 2 aromatic heterocycles. The van der Waals surface area contributed by atoms with E-state index in [0.29, 0.717) is 6.42 Å². The number of likely N-dealkylation sites (tertiary alicyclic amines) is 1. The fraction of sp³-hybridized carbons (Fsp3) is 0.529. The Hall–Kier alpha value is -1.66. The molecular weight excluding hydrogens is 310 g/mol. The predicted octanol–water partition coefficient (Wildman–Crippen LogP) is 2.64. The zero-order valence-corrected chi connectivity index (χ0v) is 13.9. The van der Waals surface area contributed by atoms with Crippen molar-refractivity contribution in [3.05, 3.63) is 40.3 Å². The third kappa shape index (κ3) is 3.05. The lowest BCUT2D eigenvalue weighted by Gasteiger charge is -2.28. The van der Waals surface area contributed by atoms with E-state index >= 15 is 0 Å². The molecule has 0 aromatic carbocycles. The topological polar surface area (TPSA) is 47.4 Å². The Bertz CT molecular complexity index is 667. The summed E-state index contributed by atoms with van der Waals surface area (Å²) >= 11 is 1.71. The van der Waals surface area contributed by atoms with Crippen LogP contribution >= 0.6 is 11.3 Å². The predicted molar refractivity (Wildman–Crippen MR) is 88.3 cm³/mol. The number of hydrogen-bond donors (Lipinski definition) is 0. The fourth-order valence-corrected chi connectivity index (χ4v) is 4.63. The maximum atomic E-state index is 12.8. The third-order valence-electron chi connectivity index (χ3n) is 4.78. The fourth-order valence-electron chi connectivity index (χ4n) is 3.63. The molecule has 0 aliphatic carbocycles. The molecule has 0 unspecified atom stereocenters. The molecule has 1 amide bonds. The number of aromatic nitrogens is 2. The number of hydrogen-bond acceptors (Lipinski definition) is 4. The summed E-state index contributed by atoms with van der Waals surface area (Å²) < 4.78 is 7.80. The first-order valence-corrected chi connectivity index (χ1v) is 9.14. The number of nitrogens with zero attached hydrogens (tertiary/aromatic N) is 3. The molecule has 2 aliphatic rings. The van der Waals surface area contributed by atoms with Gasteiger partial charge in [0.15, 0.2) is 0 Å². The van der Waals surface area contributed by atoms with Gasteiger partial charge in [0.25, 0.3) is 0 Å². The highest BCUT2D eigenvalue weighted by atomic mass is 32.1. The molecular formula is C17H21N3O2S. The van der Waals surface area contributed by atoms with Gasteiger partial charge in [-0.1, -0.05) is 0 Å². The number of carbonyl (C=O) groups excluding carboxylic acids is 1. The number of carbonyl (C=O) groups is 1. The largest absolute Gasteiger partial charge is 0.372 e. The van der Waals surface area contributed by atoms with Crippen molar-refractivity contribution in [3.63, 3.8) is 0 Å². The van der Waals surface area contributed by atoms with Gasteiger partial charge in [0.05, 0.1) is 25.6 Å². The van der Waals surface area contributed by atoms with Crippen LogP contribution in [0.1, 0.15) is 35.8 Å². The molecule has 0 bridgehead atoms. The van der Waals surface area contributed by atoms with Crippen LogP contribution in [0, 0.1) is 0 Å². The summed E-state index contributed by atoms with van der Waals surface area (Å²) in [5, 5.41) is 6.37. The number of rotatable bonds is 4. The van der Waals surface area contributed by atoms with Crippen LogP contribution in [0.3, 0.4) is 0 Å². The summed E-state index contributed by atoms with van der Waals surface area (Å²) in [4.78, 5) is 16.1. The molecule has 0 spiro atoms. The summed E-state index contributed by atoms with van der Waals surface area (Å²) in [6.45, 7) is 2.36. The van der Waals surface area contributed by atoms with Crippen molar-refractivity contribution in [2.75, 3.05) is 13.2 Å². The summed E-state index contributed by atoms with van der Waals surface area (Å²) in [6.07, 6.45) is 7.25. The third-order valence-corrected chi connectivity index (χ3v) is 5.83. The van der Waals surface area contributed by atoms with E-state index in [1.165, 1.54) is 10.4 Å². The van der Waals surface area contributed by atoms with Crippen molar-refractivity contribution in [1.82, 2.24) is 14.7 Å². The first kappa shape index (κ1) is 14.9. The van der Waals surface area contributed by atoms with E-state index in [1.54, 1.807) is 17.5 Å². The molecule has 122 valence electrons. The van der Waals surface area contributed by atoms with Crippen LogP contribution in [0.25, 0.3) is 0 Å². The Labute approximate surface area is 139 Å². The van der Waals surface area contributed by atoms with Gasteiger partial charge in [0, 0.05) is 23.8 Å². The van der Waals surface area contributed by atoms with Crippen LogP contribution in [0.4, 0.5) is 0 Å².